The lowest BCUT2D eigenvalue weighted by atomic mass is 10.3. The van der Waals surface area contributed by atoms with Gasteiger partial charge in [0.25, 0.3) is 10.2 Å². The summed E-state index contributed by atoms with van der Waals surface area (Å²) in [5.41, 5.74) is 0. The number of rotatable bonds is 7. The fourth-order valence-electron chi connectivity index (χ4n) is 1.82. The van der Waals surface area contributed by atoms with Crippen LogP contribution in [0.2, 0.25) is 0 Å². The van der Waals surface area contributed by atoms with Crippen molar-refractivity contribution in [2.24, 2.45) is 0 Å². The predicted molar refractivity (Wildman–Crippen MR) is 73.7 cm³/mol. The van der Waals surface area contributed by atoms with Gasteiger partial charge in [-0.15, -0.1) is 0 Å². The SMILES string of the molecule is CC(C)N(C)S(=O)(=O)NCCCN1CCNCC1. The Kier molecular flexibility index (Phi) is 6.51. The molecule has 1 aliphatic heterocycles. The summed E-state index contributed by atoms with van der Waals surface area (Å²) in [4.78, 5) is 2.36. The Labute approximate surface area is 111 Å². The van der Waals surface area contributed by atoms with Crippen LogP contribution in [0.4, 0.5) is 0 Å². The molecule has 0 aromatic carbocycles. The Bertz CT molecular complexity index is 326. The summed E-state index contributed by atoms with van der Waals surface area (Å²) in [6, 6.07) is -0.0179. The molecule has 108 valence electrons. The van der Waals surface area contributed by atoms with Crippen LogP contribution < -0.4 is 10.0 Å². The predicted octanol–water partition coefficient (Wildman–Crippen LogP) is -0.544. The van der Waals surface area contributed by atoms with E-state index in [0.717, 1.165) is 39.1 Å². The van der Waals surface area contributed by atoms with Crippen molar-refractivity contribution < 1.29 is 8.42 Å². The van der Waals surface area contributed by atoms with Crippen molar-refractivity contribution in [1.82, 2.24) is 19.2 Å². The van der Waals surface area contributed by atoms with Gasteiger partial charge in [-0.1, -0.05) is 0 Å². The molecule has 0 aromatic heterocycles. The van der Waals surface area contributed by atoms with Crippen molar-refractivity contribution >= 4 is 10.2 Å². The van der Waals surface area contributed by atoms with Gasteiger partial charge in [0.1, 0.15) is 0 Å². The molecular formula is C11H26N4O2S. The Morgan fingerprint density at radius 1 is 1.33 bits per heavy atom. The van der Waals surface area contributed by atoms with Crippen LogP contribution >= 0.6 is 0 Å². The van der Waals surface area contributed by atoms with Crippen LogP contribution in [-0.2, 0) is 10.2 Å². The maximum Gasteiger partial charge on any atom is 0.279 e. The van der Waals surface area contributed by atoms with Crippen LogP contribution in [-0.4, -0.2) is 70.0 Å². The zero-order valence-electron chi connectivity index (χ0n) is 11.6. The minimum absolute atomic E-state index is 0.0179. The molecule has 1 heterocycles. The van der Waals surface area contributed by atoms with Gasteiger partial charge in [0, 0.05) is 45.8 Å². The van der Waals surface area contributed by atoms with Gasteiger partial charge in [0.15, 0.2) is 0 Å². The highest BCUT2D eigenvalue weighted by Gasteiger charge is 2.19. The van der Waals surface area contributed by atoms with E-state index in [1.54, 1.807) is 7.05 Å². The Hall–Kier alpha value is -0.210. The first-order valence-corrected chi connectivity index (χ1v) is 8.03. The monoisotopic (exact) mass is 278 g/mol. The van der Waals surface area contributed by atoms with E-state index in [9.17, 15) is 8.42 Å². The molecular weight excluding hydrogens is 252 g/mol. The average molecular weight is 278 g/mol. The first-order chi connectivity index (χ1) is 8.43. The van der Waals surface area contributed by atoms with Crippen LogP contribution in [0.3, 0.4) is 0 Å². The van der Waals surface area contributed by atoms with Crippen molar-refractivity contribution in [3.8, 4) is 0 Å². The van der Waals surface area contributed by atoms with Crippen molar-refractivity contribution in [3.63, 3.8) is 0 Å². The van der Waals surface area contributed by atoms with Crippen molar-refractivity contribution in [1.29, 1.82) is 0 Å². The first kappa shape index (κ1) is 15.8. The minimum Gasteiger partial charge on any atom is -0.314 e. The Morgan fingerprint density at radius 2 is 1.94 bits per heavy atom. The second kappa shape index (κ2) is 7.40. The molecule has 6 nitrogen and oxygen atoms in total. The van der Waals surface area contributed by atoms with Gasteiger partial charge < -0.3 is 10.2 Å². The molecule has 18 heavy (non-hydrogen) atoms. The molecule has 0 aromatic rings. The van der Waals surface area contributed by atoms with E-state index in [-0.39, 0.29) is 6.04 Å². The van der Waals surface area contributed by atoms with Crippen LogP contribution in [0, 0.1) is 0 Å². The number of hydrogen-bond acceptors (Lipinski definition) is 4. The van der Waals surface area contributed by atoms with Gasteiger partial charge in [-0.3, -0.25) is 0 Å². The summed E-state index contributed by atoms with van der Waals surface area (Å²) in [5.74, 6) is 0. The van der Waals surface area contributed by atoms with Gasteiger partial charge in [0.2, 0.25) is 0 Å². The largest absolute Gasteiger partial charge is 0.314 e. The summed E-state index contributed by atoms with van der Waals surface area (Å²) in [6.45, 7) is 9.35. The number of hydrogen-bond donors (Lipinski definition) is 2. The van der Waals surface area contributed by atoms with Gasteiger partial charge in [-0.2, -0.15) is 12.7 Å². The molecule has 0 amide bonds. The molecule has 0 saturated carbocycles. The highest BCUT2D eigenvalue weighted by molar-refractivity contribution is 7.87. The van der Waals surface area contributed by atoms with E-state index >= 15 is 0 Å². The highest BCUT2D eigenvalue weighted by Crippen LogP contribution is 2.01. The molecule has 1 aliphatic rings. The van der Waals surface area contributed by atoms with E-state index in [1.807, 2.05) is 13.8 Å². The van der Waals surface area contributed by atoms with Crippen molar-refractivity contribution in [3.05, 3.63) is 0 Å². The van der Waals surface area contributed by atoms with Gasteiger partial charge in [-0.05, 0) is 26.8 Å². The lowest BCUT2D eigenvalue weighted by Crippen LogP contribution is -2.45. The second-order valence-electron chi connectivity index (χ2n) is 4.95. The Morgan fingerprint density at radius 3 is 2.50 bits per heavy atom. The molecule has 0 bridgehead atoms. The zero-order chi connectivity index (χ0) is 13.6. The highest BCUT2D eigenvalue weighted by atomic mass is 32.2. The molecule has 0 radical (unpaired) electrons. The van der Waals surface area contributed by atoms with E-state index in [4.69, 9.17) is 0 Å². The van der Waals surface area contributed by atoms with E-state index in [1.165, 1.54) is 4.31 Å². The van der Waals surface area contributed by atoms with Crippen LogP contribution in [0.1, 0.15) is 20.3 Å². The zero-order valence-corrected chi connectivity index (χ0v) is 12.5. The van der Waals surface area contributed by atoms with E-state index < -0.39 is 10.2 Å². The summed E-state index contributed by atoms with van der Waals surface area (Å²) in [6.07, 6.45) is 0.852. The lowest BCUT2D eigenvalue weighted by Gasteiger charge is -2.27. The number of piperazine rings is 1. The van der Waals surface area contributed by atoms with Crippen molar-refractivity contribution in [2.45, 2.75) is 26.3 Å². The molecule has 1 rings (SSSR count). The third kappa shape index (κ3) is 5.19. The van der Waals surface area contributed by atoms with Gasteiger partial charge >= 0.3 is 0 Å². The smallest absolute Gasteiger partial charge is 0.279 e. The second-order valence-corrected chi connectivity index (χ2v) is 6.77. The number of nitrogens with one attached hydrogen (secondary N) is 2. The normalized spacial score (nSPS) is 18.7. The molecule has 0 spiro atoms. The maximum absolute atomic E-state index is 11.8. The van der Waals surface area contributed by atoms with Gasteiger partial charge in [-0.25, -0.2) is 4.72 Å². The summed E-state index contributed by atoms with van der Waals surface area (Å²) in [5, 5.41) is 3.30. The summed E-state index contributed by atoms with van der Waals surface area (Å²) >= 11 is 0. The van der Waals surface area contributed by atoms with E-state index in [2.05, 4.69) is 14.9 Å². The standard InChI is InChI=1S/C11H26N4O2S/c1-11(2)14(3)18(16,17)13-5-4-8-15-9-6-12-7-10-15/h11-13H,4-10H2,1-3H3. The van der Waals surface area contributed by atoms with Crippen LogP contribution in [0.25, 0.3) is 0 Å². The van der Waals surface area contributed by atoms with E-state index in [0.29, 0.717) is 6.54 Å². The first-order valence-electron chi connectivity index (χ1n) is 6.59. The summed E-state index contributed by atoms with van der Waals surface area (Å²) < 4.78 is 27.6. The Balaban J connectivity index is 2.20. The molecule has 0 unspecified atom stereocenters. The maximum atomic E-state index is 11.8. The van der Waals surface area contributed by atoms with Crippen molar-refractivity contribution in [2.75, 3.05) is 46.3 Å². The molecule has 1 fully saturated rings. The third-order valence-electron chi connectivity index (χ3n) is 3.25. The quantitative estimate of drug-likeness (QED) is 0.614. The molecule has 2 N–H and O–H groups in total. The van der Waals surface area contributed by atoms with Crippen LogP contribution in [0.15, 0.2) is 0 Å². The lowest BCUT2D eigenvalue weighted by molar-refractivity contribution is 0.239. The molecule has 0 aliphatic carbocycles. The molecule has 7 heteroatoms. The molecule has 1 saturated heterocycles. The topological polar surface area (TPSA) is 64.7 Å². The summed E-state index contributed by atoms with van der Waals surface area (Å²) in [7, 11) is -1.71. The third-order valence-corrected chi connectivity index (χ3v) is 5.00. The molecule has 0 atom stereocenters. The van der Waals surface area contributed by atoms with Crippen LogP contribution in [0.5, 0.6) is 0 Å². The fraction of sp³-hybridized carbons (Fsp3) is 1.00. The van der Waals surface area contributed by atoms with Gasteiger partial charge in [0.05, 0.1) is 0 Å². The average Bonchev–Trinajstić information content (AvgIpc) is 2.35. The number of nitrogens with zero attached hydrogens (tertiary/aromatic N) is 2. The minimum atomic E-state index is -3.31. The fourth-order valence-corrected chi connectivity index (χ4v) is 2.98.